The fourth-order valence-corrected chi connectivity index (χ4v) is 3.26. The average molecular weight is 426 g/mol. The highest BCUT2D eigenvalue weighted by Gasteiger charge is 2.19. The van der Waals surface area contributed by atoms with Crippen molar-refractivity contribution in [3.63, 3.8) is 0 Å². The highest BCUT2D eigenvalue weighted by molar-refractivity contribution is 9.10. The van der Waals surface area contributed by atoms with E-state index in [-0.39, 0.29) is 22.6 Å². The summed E-state index contributed by atoms with van der Waals surface area (Å²) in [6.45, 7) is 0.347. The summed E-state index contributed by atoms with van der Waals surface area (Å²) in [4.78, 5) is 28.0. The number of hydrogen-bond donors (Lipinski definition) is 0. The molecule has 9 heteroatoms. The molecule has 2 heterocycles. The SMILES string of the molecule is O=c1c2cnn(-c3ccccc3[N+](=O)[O-])c2ncn1Cc1ccccc1Br. The molecule has 0 atom stereocenters. The zero-order valence-electron chi connectivity index (χ0n) is 13.8. The van der Waals surface area contributed by atoms with Gasteiger partial charge < -0.3 is 0 Å². The monoisotopic (exact) mass is 425 g/mol. The van der Waals surface area contributed by atoms with E-state index in [1.165, 1.54) is 27.8 Å². The molecule has 0 aliphatic carbocycles. The molecular weight excluding hydrogens is 414 g/mol. The van der Waals surface area contributed by atoms with Crippen LogP contribution in [0.4, 0.5) is 5.69 Å². The number of halogens is 1. The number of nitro benzene ring substituents is 1. The average Bonchev–Trinajstić information content (AvgIpc) is 3.10. The first-order valence-corrected chi connectivity index (χ1v) is 8.76. The summed E-state index contributed by atoms with van der Waals surface area (Å²) < 4.78 is 3.69. The lowest BCUT2D eigenvalue weighted by atomic mass is 10.2. The number of para-hydroxylation sites is 2. The summed E-state index contributed by atoms with van der Waals surface area (Å²) in [5, 5.41) is 15.7. The first-order valence-electron chi connectivity index (χ1n) is 7.96. The van der Waals surface area contributed by atoms with Gasteiger partial charge in [-0.2, -0.15) is 5.10 Å². The van der Waals surface area contributed by atoms with Crippen LogP contribution >= 0.6 is 15.9 Å². The van der Waals surface area contributed by atoms with Crippen molar-refractivity contribution in [2.45, 2.75) is 6.54 Å². The molecule has 0 aliphatic heterocycles. The fourth-order valence-electron chi connectivity index (χ4n) is 2.85. The second-order valence-electron chi connectivity index (χ2n) is 5.81. The highest BCUT2D eigenvalue weighted by atomic mass is 79.9. The van der Waals surface area contributed by atoms with E-state index in [1.807, 2.05) is 24.3 Å². The van der Waals surface area contributed by atoms with Gasteiger partial charge in [0.05, 0.1) is 17.7 Å². The fraction of sp³-hybridized carbons (Fsp3) is 0.0556. The molecule has 0 aliphatic rings. The molecule has 134 valence electrons. The maximum Gasteiger partial charge on any atom is 0.294 e. The zero-order valence-corrected chi connectivity index (χ0v) is 15.4. The Morgan fingerprint density at radius 1 is 1.11 bits per heavy atom. The summed E-state index contributed by atoms with van der Waals surface area (Å²) in [6.07, 6.45) is 2.81. The van der Waals surface area contributed by atoms with Crippen LogP contribution < -0.4 is 5.56 Å². The van der Waals surface area contributed by atoms with Crippen LogP contribution in [0.3, 0.4) is 0 Å². The Kier molecular flexibility index (Phi) is 4.28. The molecule has 0 unspecified atom stereocenters. The van der Waals surface area contributed by atoms with Crippen molar-refractivity contribution in [3.8, 4) is 5.69 Å². The Labute approximate surface area is 161 Å². The van der Waals surface area contributed by atoms with Crippen molar-refractivity contribution in [3.05, 3.63) is 91.6 Å². The smallest absolute Gasteiger partial charge is 0.294 e. The minimum Gasteiger partial charge on any atom is -0.294 e. The normalized spacial score (nSPS) is 11.0. The lowest BCUT2D eigenvalue weighted by molar-refractivity contribution is -0.384. The van der Waals surface area contributed by atoms with Crippen molar-refractivity contribution in [1.82, 2.24) is 19.3 Å². The van der Waals surface area contributed by atoms with Crippen LogP contribution in [0.25, 0.3) is 16.7 Å². The topological polar surface area (TPSA) is 95.8 Å². The van der Waals surface area contributed by atoms with E-state index in [0.29, 0.717) is 11.9 Å². The summed E-state index contributed by atoms with van der Waals surface area (Å²) in [7, 11) is 0. The number of benzene rings is 2. The van der Waals surface area contributed by atoms with Crippen molar-refractivity contribution in [2.24, 2.45) is 0 Å². The number of aromatic nitrogens is 4. The minimum absolute atomic E-state index is 0.110. The Balaban J connectivity index is 1.83. The van der Waals surface area contributed by atoms with Gasteiger partial charge >= 0.3 is 0 Å². The maximum atomic E-state index is 12.8. The Morgan fingerprint density at radius 2 is 1.85 bits per heavy atom. The van der Waals surface area contributed by atoms with E-state index >= 15 is 0 Å². The van der Waals surface area contributed by atoms with Gasteiger partial charge in [0, 0.05) is 10.5 Å². The summed E-state index contributed by atoms with van der Waals surface area (Å²) >= 11 is 3.47. The van der Waals surface area contributed by atoms with E-state index in [1.54, 1.807) is 18.2 Å². The molecular formula is C18H12BrN5O3. The molecule has 2 aromatic heterocycles. The quantitative estimate of drug-likeness (QED) is 0.369. The molecule has 0 radical (unpaired) electrons. The first-order chi connectivity index (χ1) is 13.1. The predicted molar refractivity (Wildman–Crippen MR) is 103 cm³/mol. The molecule has 0 bridgehead atoms. The number of fused-ring (bicyclic) bond motifs is 1. The van der Waals surface area contributed by atoms with E-state index in [4.69, 9.17) is 0 Å². The lowest BCUT2D eigenvalue weighted by Gasteiger charge is -2.08. The van der Waals surface area contributed by atoms with Gasteiger partial charge in [-0.1, -0.05) is 46.3 Å². The molecule has 8 nitrogen and oxygen atoms in total. The van der Waals surface area contributed by atoms with Crippen molar-refractivity contribution >= 4 is 32.7 Å². The number of hydrogen-bond acceptors (Lipinski definition) is 5. The van der Waals surface area contributed by atoms with Crippen molar-refractivity contribution in [1.29, 1.82) is 0 Å². The molecule has 0 fully saturated rings. The lowest BCUT2D eigenvalue weighted by Crippen LogP contribution is -2.21. The summed E-state index contributed by atoms with van der Waals surface area (Å²) in [5.41, 5.74) is 1.10. The van der Waals surface area contributed by atoms with Gasteiger partial charge in [-0.15, -0.1) is 0 Å². The van der Waals surface area contributed by atoms with Crippen LogP contribution in [0.5, 0.6) is 0 Å². The number of rotatable bonds is 4. The third-order valence-electron chi connectivity index (χ3n) is 4.16. The third-order valence-corrected chi connectivity index (χ3v) is 4.93. The van der Waals surface area contributed by atoms with E-state index < -0.39 is 4.92 Å². The van der Waals surface area contributed by atoms with Gasteiger partial charge in [0.15, 0.2) is 5.65 Å². The van der Waals surface area contributed by atoms with Crippen LogP contribution in [-0.2, 0) is 6.54 Å². The van der Waals surface area contributed by atoms with E-state index in [9.17, 15) is 14.9 Å². The van der Waals surface area contributed by atoms with Crippen molar-refractivity contribution in [2.75, 3.05) is 0 Å². The van der Waals surface area contributed by atoms with Crippen LogP contribution in [0.2, 0.25) is 0 Å². The standard InChI is InChI=1S/C18H12BrN5O3/c19-14-6-2-1-5-12(14)10-22-11-20-17-13(18(22)25)9-21-23(17)15-7-3-4-8-16(15)24(26)27/h1-9,11H,10H2. The van der Waals surface area contributed by atoms with Crippen LogP contribution in [0.15, 0.2) is 70.3 Å². The molecule has 0 saturated carbocycles. The molecule has 4 rings (SSSR count). The Bertz CT molecular complexity index is 1230. The second-order valence-corrected chi connectivity index (χ2v) is 6.66. The van der Waals surface area contributed by atoms with Gasteiger partial charge in [-0.05, 0) is 17.7 Å². The van der Waals surface area contributed by atoms with Crippen LogP contribution in [0.1, 0.15) is 5.56 Å². The Hall–Kier alpha value is -3.33. The van der Waals surface area contributed by atoms with Gasteiger partial charge in [0.25, 0.3) is 11.2 Å². The van der Waals surface area contributed by atoms with E-state index in [0.717, 1.165) is 10.0 Å². The van der Waals surface area contributed by atoms with Gasteiger partial charge in [-0.25, -0.2) is 9.67 Å². The molecule has 0 amide bonds. The zero-order chi connectivity index (χ0) is 19.0. The number of nitrogens with zero attached hydrogens (tertiary/aromatic N) is 5. The van der Waals surface area contributed by atoms with Gasteiger partial charge in [0.1, 0.15) is 17.4 Å². The molecule has 2 aromatic carbocycles. The molecule has 0 N–H and O–H groups in total. The summed E-state index contributed by atoms with van der Waals surface area (Å²) in [5.74, 6) is 0. The summed E-state index contributed by atoms with van der Waals surface area (Å²) in [6, 6.07) is 13.8. The molecule has 4 aromatic rings. The first kappa shape index (κ1) is 17.1. The Morgan fingerprint density at radius 3 is 2.63 bits per heavy atom. The van der Waals surface area contributed by atoms with Gasteiger partial charge in [0.2, 0.25) is 0 Å². The van der Waals surface area contributed by atoms with Crippen LogP contribution in [-0.4, -0.2) is 24.3 Å². The third kappa shape index (κ3) is 3.02. The maximum absolute atomic E-state index is 12.8. The largest absolute Gasteiger partial charge is 0.294 e. The molecule has 0 saturated heterocycles. The highest BCUT2D eigenvalue weighted by Crippen LogP contribution is 2.24. The van der Waals surface area contributed by atoms with Crippen LogP contribution in [0, 0.1) is 10.1 Å². The minimum atomic E-state index is -0.489. The molecule has 0 spiro atoms. The predicted octanol–water partition coefficient (Wildman–Crippen LogP) is 3.30. The van der Waals surface area contributed by atoms with E-state index in [2.05, 4.69) is 26.0 Å². The second kappa shape index (κ2) is 6.76. The molecule has 27 heavy (non-hydrogen) atoms. The number of nitro groups is 1. The van der Waals surface area contributed by atoms with Gasteiger partial charge in [-0.3, -0.25) is 19.5 Å². The van der Waals surface area contributed by atoms with Crippen molar-refractivity contribution < 1.29 is 4.92 Å².